The third-order valence-electron chi connectivity index (χ3n) is 3.46. The van der Waals surface area contributed by atoms with Gasteiger partial charge in [-0.25, -0.2) is 0 Å². The van der Waals surface area contributed by atoms with Crippen LogP contribution in [0.4, 0.5) is 0 Å². The Kier molecular flexibility index (Phi) is 5.30. The van der Waals surface area contributed by atoms with Gasteiger partial charge in [0, 0.05) is 39.1 Å². The number of hydrogen-bond donors (Lipinski definition) is 1. The topological polar surface area (TPSA) is 54.5 Å². The van der Waals surface area contributed by atoms with Crippen molar-refractivity contribution in [3.8, 4) is 0 Å². The molecule has 5 heteroatoms. The van der Waals surface area contributed by atoms with Crippen molar-refractivity contribution >= 4 is 5.91 Å². The first-order valence-electron chi connectivity index (χ1n) is 6.69. The van der Waals surface area contributed by atoms with E-state index >= 15 is 0 Å². The molecule has 0 aromatic carbocycles. The molecular formula is C14H21N3O2. The number of methoxy groups -OCH3 is 1. The number of rotatable bonds is 6. The van der Waals surface area contributed by atoms with Crippen LogP contribution in [0.3, 0.4) is 0 Å². The minimum Gasteiger partial charge on any atom is -0.383 e. The Hall–Kier alpha value is -1.46. The smallest absolute Gasteiger partial charge is 0.252 e. The number of likely N-dealkylation sites (tertiary alicyclic amines) is 1. The van der Waals surface area contributed by atoms with E-state index in [0.29, 0.717) is 11.5 Å². The second kappa shape index (κ2) is 7.21. The monoisotopic (exact) mass is 263 g/mol. The first-order valence-corrected chi connectivity index (χ1v) is 6.69. The molecule has 1 aromatic rings. The van der Waals surface area contributed by atoms with Gasteiger partial charge in [0.05, 0.1) is 12.2 Å². The Labute approximate surface area is 114 Å². The minimum atomic E-state index is -0.0385. The normalized spacial score (nSPS) is 19.5. The number of aromatic nitrogens is 1. The van der Waals surface area contributed by atoms with E-state index in [4.69, 9.17) is 4.74 Å². The van der Waals surface area contributed by atoms with Gasteiger partial charge in [-0.3, -0.25) is 9.78 Å². The van der Waals surface area contributed by atoms with Crippen LogP contribution in [0.1, 0.15) is 16.8 Å². The van der Waals surface area contributed by atoms with Crippen LogP contribution in [0.15, 0.2) is 24.5 Å². The Balaban J connectivity index is 1.70. The summed E-state index contributed by atoms with van der Waals surface area (Å²) in [7, 11) is 1.72. The predicted molar refractivity (Wildman–Crippen MR) is 73.0 cm³/mol. The van der Waals surface area contributed by atoms with Gasteiger partial charge in [0.1, 0.15) is 0 Å². The third-order valence-corrected chi connectivity index (χ3v) is 3.46. The van der Waals surface area contributed by atoms with E-state index in [2.05, 4.69) is 15.2 Å². The summed E-state index contributed by atoms with van der Waals surface area (Å²) in [5.74, 6) is 0.501. The van der Waals surface area contributed by atoms with Crippen molar-refractivity contribution in [2.24, 2.45) is 5.92 Å². The van der Waals surface area contributed by atoms with Gasteiger partial charge in [0.15, 0.2) is 0 Å². The van der Waals surface area contributed by atoms with Gasteiger partial charge >= 0.3 is 0 Å². The predicted octanol–water partition coefficient (Wildman–Crippen LogP) is 0.780. The van der Waals surface area contributed by atoms with E-state index in [1.165, 1.54) is 0 Å². The molecular weight excluding hydrogens is 242 g/mol. The van der Waals surface area contributed by atoms with Crippen LogP contribution in [0.25, 0.3) is 0 Å². The van der Waals surface area contributed by atoms with Gasteiger partial charge in [-0.05, 0) is 31.0 Å². The lowest BCUT2D eigenvalue weighted by molar-refractivity contribution is 0.0946. The summed E-state index contributed by atoms with van der Waals surface area (Å²) in [4.78, 5) is 18.2. The number of carbonyl (C=O) groups is 1. The van der Waals surface area contributed by atoms with Crippen molar-refractivity contribution in [3.63, 3.8) is 0 Å². The Morgan fingerprint density at radius 3 is 3.26 bits per heavy atom. The second-order valence-corrected chi connectivity index (χ2v) is 4.90. The zero-order valence-corrected chi connectivity index (χ0v) is 11.3. The average Bonchev–Trinajstić information content (AvgIpc) is 2.91. The highest BCUT2D eigenvalue weighted by Crippen LogP contribution is 2.14. The summed E-state index contributed by atoms with van der Waals surface area (Å²) in [6, 6.07) is 3.55. The molecule has 2 heterocycles. The van der Waals surface area contributed by atoms with Gasteiger partial charge in [-0.1, -0.05) is 0 Å². The SMILES string of the molecule is COCCN1CC[C@@H](CNC(=O)c2cccnc2)C1. The molecule has 0 radical (unpaired) electrons. The highest BCUT2D eigenvalue weighted by Gasteiger charge is 2.22. The maximum atomic E-state index is 11.9. The largest absolute Gasteiger partial charge is 0.383 e. The zero-order chi connectivity index (χ0) is 13.5. The van der Waals surface area contributed by atoms with E-state index in [-0.39, 0.29) is 5.91 Å². The van der Waals surface area contributed by atoms with Crippen molar-refractivity contribution in [1.82, 2.24) is 15.2 Å². The number of nitrogens with one attached hydrogen (secondary N) is 1. The van der Waals surface area contributed by atoms with Crippen molar-refractivity contribution in [3.05, 3.63) is 30.1 Å². The van der Waals surface area contributed by atoms with Crippen LogP contribution >= 0.6 is 0 Å². The molecule has 1 N–H and O–H groups in total. The lowest BCUT2D eigenvalue weighted by Gasteiger charge is -2.15. The van der Waals surface area contributed by atoms with Crippen molar-refractivity contribution < 1.29 is 9.53 Å². The van der Waals surface area contributed by atoms with Crippen LogP contribution in [-0.2, 0) is 4.74 Å². The van der Waals surface area contributed by atoms with Crippen LogP contribution in [0.2, 0.25) is 0 Å². The molecule has 0 spiro atoms. The molecule has 104 valence electrons. The van der Waals surface area contributed by atoms with Gasteiger partial charge in [-0.15, -0.1) is 0 Å². The Morgan fingerprint density at radius 2 is 2.53 bits per heavy atom. The summed E-state index contributed by atoms with van der Waals surface area (Å²) in [6.45, 7) is 4.61. The van der Waals surface area contributed by atoms with E-state index in [1.807, 2.05) is 0 Å². The summed E-state index contributed by atoms with van der Waals surface area (Å²) < 4.78 is 5.08. The Morgan fingerprint density at radius 1 is 1.63 bits per heavy atom. The first-order chi connectivity index (χ1) is 9.29. The maximum absolute atomic E-state index is 11.9. The molecule has 0 bridgehead atoms. The fourth-order valence-corrected chi connectivity index (χ4v) is 2.34. The number of pyridine rings is 1. The average molecular weight is 263 g/mol. The molecule has 2 rings (SSSR count). The van der Waals surface area contributed by atoms with E-state index < -0.39 is 0 Å². The van der Waals surface area contributed by atoms with Gasteiger partial charge in [0.25, 0.3) is 5.91 Å². The molecule has 5 nitrogen and oxygen atoms in total. The summed E-state index contributed by atoms with van der Waals surface area (Å²) in [5, 5.41) is 2.98. The fourth-order valence-electron chi connectivity index (χ4n) is 2.34. The molecule has 1 amide bonds. The van der Waals surface area contributed by atoms with E-state index in [1.54, 1.807) is 31.6 Å². The molecule has 0 aliphatic carbocycles. The van der Waals surface area contributed by atoms with Crippen molar-refractivity contribution in [2.75, 3.05) is 39.9 Å². The van der Waals surface area contributed by atoms with E-state index in [0.717, 1.165) is 39.2 Å². The molecule has 19 heavy (non-hydrogen) atoms. The quantitative estimate of drug-likeness (QED) is 0.824. The fraction of sp³-hybridized carbons (Fsp3) is 0.571. The molecule has 0 unspecified atom stereocenters. The second-order valence-electron chi connectivity index (χ2n) is 4.90. The zero-order valence-electron chi connectivity index (χ0n) is 11.3. The molecule has 1 aromatic heterocycles. The minimum absolute atomic E-state index is 0.0385. The van der Waals surface area contributed by atoms with Gasteiger partial charge < -0.3 is 15.0 Å². The molecule has 1 aliphatic rings. The van der Waals surface area contributed by atoms with E-state index in [9.17, 15) is 4.79 Å². The number of amides is 1. The molecule has 1 fully saturated rings. The summed E-state index contributed by atoms with van der Waals surface area (Å²) >= 11 is 0. The van der Waals surface area contributed by atoms with Crippen molar-refractivity contribution in [2.45, 2.75) is 6.42 Å². The van der Waals surface area contributed by atoms with Crippen LogP contribution in [0, 0.1) is 5.92 Å². The molecule has 1 aliphatic heterocycles. The highest BCUT2D eigenvalue weighted by molar-refractivity contribution is 5.93. The standard InChI is InChI=1S/C14H21N3O2/c1-19-8-7-17-6-4-12(11-17)9-16-14(18)13-3-2-5-15-10-13/h2-3,5,10,12H,4,6-9,11H2,1H3,(H,16,18)/t12-/m0/s1. The van der Waals surface area contributed by atoms with Gasteiger partial charge in [-0.2, -0.15) is 0 Å². The number of nitrogens with zero attached hydrogens (tertiary/aromatic N) is 2. The maximum Gasteiger partial charge on any atom is 0.252 e. The van der Waals surface area contributed by atoms with Crippen LogP contribution in [0.5, 0.6) is 0 Å². The third kappa shape index (κ3) is 4.29. The first kappa shape index (κ1) is 14.0. The van der Waals surface area contributed by atoms with Crippen LogP contribution in [-0.4, -0.2) is 55.7 Å². The summed E-state index contributed by atoms with van der Waals surface area (Å²) in [6.07, 6.45) is 4.40. The number of hydrogen-bond acceptors (Lipinski definition) is 4. The summed E-state index contributed by atoms with van der Waals surface area (Å²) in [5.41, 5.74) is 0.622. The number of carbonyl (C=O) groups excluding carboxylic acids is 1. The molecule has 1 saturated heterocycles. The highest BCUT2D eigenvalue weighted by atomic mass is 16.5. The lowest BCUT2D eigenvalue weighted by Crippen LogP contribution is -2.31. The molecule has 0 saturated carbocycles. The molecule has 1 atom stereocenters. The lowest BCUT2D eigenvalue weighted by atomic mass is 10.1. The van der Waals surface area contributed by atoms with Crippen molar-refractivity contribution in [1.29, 1.82) is 0 Å². The van der Waals surface area contributed by atoms with Crippen LogP contribution < -0.4 is 5.32 Å². The Bertz CT molecular complexity index is 397. The number of ether oxygens (including phenoxy) is 1. The van der Waals surface area contributed by atoms with Gasteiger partial charge in [0.2, 0.25) is 0 Å².